The molecule has 0 aliphatic heterocycles. The molecular weight excluding hydrogens is 223 g/mol. The van der Waals surface area contributed by atoms with Crippen LogP contribution in [-0.2, 0) is 9.53 Å². The van der Waals surface area contributed by atoms with Gasteiger partial charge >= 0.3 is 12.1 Å². The fraction of sp³-hybridized carbons (Fsp3) is 0.900. The number of esters is 1. The Morgan fingerprint density at radius 2 is 1.94 bits per heavy atom. The zero-order valence-corrected chi connectivity index (χ0v) is 9.52. The fourth-order valence-electron chi connectivity index (χ4n) is 1.65. The van der Waals surface area contributed by atoms with Crippen LogP contribution in [-0.4, -0.2) is 24.3 Å². The van der Waals surface area contributed by atoms with Crippen molar-refractivity contribution in [2.45, 2.75) is 39.0 Å². The summed E-state index contributed by atoms with van der Waals surface area (Å²) in [6, 6.07) is 0. The van der Waals surface area contributed by atoms with Crippen molar-refractivity contribution in [2.75, 3.05) is 6.54 Å². The van der Waals surface area contributed by atoms with Gasteiger partial charge in [0.2, 0.25) is 0 Å². The Kier molecular flexibility index (Phi) is 3.00. The summed E-state index contributed by atoms with van der Waals surface area (Å²) in [5, 5.41) is 0. The predicted octanol–water partition coefficient (Wildman–Crippen LogP) is 1.86. The molecule has 1 saturated carbocycles. The average molecular weight is 239 g/mol. The van der Waals surface area contributed by atoms with E-state index in [1.807, 2.05) is 0 Å². The Labute approximate surface area is 92.1 Å². The van der Waals surface area contributed by atoms with Crippen molar-refractivity contribution in [1.82, 2.24) is 0 Å². The first kappa shape index (κ1) is 13.3. The number of alkyl halides is 3. The normalized spacial score (nSPS) is 30.1. The number of halogens is 3. The van der Waals surface area contributed by atoms with E-state index in [4.69, 9.17) is 10.5 Å². The molecule has 1 aliphatic rings. The Morgan fingerprint density at radius 3 is 2.19 bits per heavy atom. The van der Waals surface area contributed by atoms with Crippen molar-refractivity contribution in [3.8, 4) is 0 Å². The molecule has 2 N–H and O–H groups in total. The molecule has 1 fully saturated rings. The first-order valence-electron chi connectivity index (χ1n) is 5.03. The number of hydrogen-bond acceptors (Lipinski definition) is 3. The maximum Gasteiger partial charge on any atom is 0.393 e. The third-order valence-corrected chi connectivity index (χ3v) is 2.64. The van der Waals surface area contributed by atoms with Crippen molar-refractivity contribution >= 4 is 5.97 Å². The van der Waals surface area contributed by atoms with Crippen LogP contribution in [0.1, 0.15) is 27.2 Å². The number of carbonyl (C=O) groups excluding carboxylic acids is 1. The molecule has 3 nitrogen and oxygen atoms in total. The van der Waals surface area contributed by atoms with Crippen LogP contribution in [0.2, 0.25) is 0 Å². The molecule has 6 heteroatoms. The van der Waals surface area contributed by atoms with E-state index in [0.717, 1.165) is 0 Å². The molecule has 16 heavy (non-hydrogen) atoms. The predicted molar refractivity (Wildman–Crippen MR) is 51.5 cm³/mol. The van der Waals surface area contributed by atoms with E-state index in [9.17, 15) is 18.0 Å². The second-order valence-electron chi connectivity index (χ2n) is 5.16. The van der Waals surface area contributed by atoms with E-state index >= 15 is 0 Å². The van der Waals surface area contributed by atoms with Crippen LogP contribution in [0.3, 0.4) is 0 Å². The third-order valence-electron chi connectivity index (χ3n) is 2.64. The quantitative estimate of drug-likeness (QED) is 0.748. The third kappa shape index (κ3) is 2.48. The highest BCUT2D eigenvalue weighted by molar-refractivity contribution is 5.81. The van der Waals surface area contributed by atoms with Crippen LogP contribution in [0.25, 0.3) is 0 Å². The molecule has 0 aromatic rings. The lowest BCUT2D eigenvalue weighted by Crippen LogP contribution is -2.37. The molecule has 94 valence electrons. The zero-order chi connectivity index (χ0) is 12.8. The lowest BCUT2D eigenvalue weighted by atomic mass is 10.0. The zero-order valence-electron chi connectivity index (χ0n) is 9.52. The number of rotatable bonds is 2. The molecule has 0 aromatic carbocycles. The summed E-state index contributed by atoms with van der Waals surface area (Å²) in [7, 11) is 0. The summed E-state index contributed by atoms with van der Waals surface area (Å²) in [6.07, 6.45) is -4.64. The molecule has 1 rings (SSSR count). The molecule has 1 aliphatic carbocycles. The van der Waals surface area contributed by atoms with Crippen LogP contribution < -0.4 is 5.73 Å². The van der Waals surface area contributed by atoms with E-state index < -0.39 is 29.1 Å². The first-order valence-corrected chi connectivity index (χ1v) is 5.03. The largest absolute Gasteiger partial charge is 0.459 e. The Balaban J connectivity index is 2.76. The van der Waals surface area contributed by atoms with Gasteiger partial charge in [0.15, 0.2) is 0 Å². The van der Waals surface area contributed by atoms with Crippen LogP contribution in [0, 0.1) is 11.3 Å². The highest BCUT2D eigenvalue weighted by Crippen LogP contribution is 2.60. The van der Waals surface area contributed by atoms with Gasteiger partial charge in [0, 0.05) is 6.54 Å². The maximum absolute atomic E-state index is 12.5. The topological polar surface area (TPSA) is 52.3 Å². The molecule has 0 bridgehead atoms. The van der Waals surface area contributed by atoms with Gasteiger partial charge in [-0.05, 0) is 27.2 Å². The molecular formula is C10H16F3NO2. The average Bonchev–Trinajstić information content (AvgIpc) is 2.74. The molecule has 0 saturated heterocycles. The second-order valence-corrected chi connectivity index (χ2v) is 5.16. The molecule has 0 radical (unpaired) electrons. The highest BCUT2D eigenvalue weighted by Gasteiger charge is 2.71. The van der Waals surface area contributed by atoms with Crippen molar-refractivity contribution in [1.29, 1.82) is 0 Å². The second kappa shape index (κ2) is 3.61. The van der Waals surface area contributed by atoms with Crippen molar-refractivity contribution in [3.05, 3.63) is 0 Å². The summed E-state index contributed by atoms with van der Waals surface area (Å²) in [4.78, 5) is 11.6. The molecule has 0 unspecified atom stereocenters. The minimum atomic E-state index is -4.38. The molecule has 2 atom stereocenters. The SMILES string of the molecule is CC(C)(C)OC(=O)[C@@]1(CN)C[C@@H]1C(F)(F)F. The first-order chi connectivity index (χ1) is 7.03. The molecule has 0 spiro atoms. The van der Waals surface area contributed by atoms with Gasteiger partial charge in [-0.1, -0.05) is 0 Å². The standard InChI is InChI=1S/C10H16F3NO2/c1-8(2,3)16-7(15)9(5-14)4-6(9)10(11,12)13/h6H,4-5,14H2,1-3H3/t6-,9+/m0/s1. The van der Waals surface area contributed by atoms with Crippen LogP contribution in [0.5, 0.6) is 0 Å². The molecule has 0 aromatic heterocycles. The van der Waals surface area contributed by atoms with Crippen molar-refractivity contribution in [3.63, 3.8) is 0 Å². The van der Waals surface area contributed by atoms with Gasteiger partial charge in [-0.3, -0.25) is 4.79 Å². The van der Waals surface area contributed by atoms with E-state index in [1.165, 1.54) is 0 Å². The minimum Gasteiger partial charge on any atom is -0.459 e. The maximum atomic E-state index is 12.5. The monoisotopic (exact) mass is 239 g/mol. The molecule has 0 heterocycles. The van der Waals surface area contributed by atoms with Crippen LogP contribution in [0.15, 0.2) is 0 Å². The van der Waals surface area contributed by atoms with Gasteiger partial charge in [-0.15, -0.1) is 0 Å². The summed E-state index contributed by atoms with van der Waals surface area (Å²) < 4.78 is 42.3. The number of ether oxygens (including phenoxy) is 1. The summed E-state index contributed by atoms with van der Waals surface area (Å²) >= 11 is 0. The number of nitrogens with two attached hydrogens (primary N) is 1. The summed E-state index contributed by atoms with van der Waals surface area (Å²) in [5.41, 5.74) is 2.93. The fourth-order valence-corrected chi connectivity index (χ4v) is 1.65. The van der Waals surface area contributed by atoms with E-state index in [2.05, 4.69) is 0 Å². The Morgan fingerprint density at radius 1 is 1.44 bits per heavy atom. The minimum absolute atomic E-state index is 0.262. The Hall–Kier alpha value is -0.780. The smallest absolute Gasteiger partial charge is 0.393 e. The van der Waals surface area contributed by atoms with Gasteiger partial charge < -0.3 is 10.5 Å². The molecule has 0 amide bonds. The van der Waals surface area contributed by atoms with Crippen LogP contribution >= 0.6 is 0 Å². The van der Waals surface area contributed by atoms with Crippen molar-refractivity contribution < 1.29 is 22.7 Å². The highest BCUT2D eigenvalue weighted by atomic mass is 19.4. The number of carbonyl (C=O) groups is 1. The van der Waals surface area contributed by atoms with Gasteiger partial charge in [-0.2, -0.15) is 13.2 Å². The number of hydrogen-bond donors (Lipinski definition) is 1. The summed E-state index contributed by atoms with van der Waals surface area (Å²) in [5.74, 6) is -2.50. The van der Waals surface area contributed by atoms with E-state index in [0.29, 0.717) is 0 Å². The Bertz CT molecular complexity index is 295. The van der Waals surface area contributed by atoms with E-state index in [1.54, 1.807) is 20.8 Å². The van der Waals surface area contributed by atoms with Crippen LogP contribution in [0.4, 0.5) is 13.2 Å². The van der Waals surface area contributed by atoms with Gasteiger partial charge in [0.25, 0.3) is 0 Å². The lowest BCUT2D eigenvalue weighted by Gasteiger charge is -2.24. The van der Waals surface area contributed by atoms with Gasteiger partial charge in [-0.25, -0.2) is 0 Å². The van der Waals surface area contributed by atoms with E-state index in [-0.39, 0.29) is 13.0 Å². The lowest BCUT2D eigenvalue weighted by molar-refractivity contribution is -0.177. The summed E-state index contributed by atoms with van der Waals surface area (Å²) in [6.45, 7) is 4.51. The van der Waals surface area contributed by atoms with Crippen molar-refractivity contribution in [2.24, 2.45) is 17.1 Å². The van der Waals surface area contributed by atoms with Gasteiger partial charge in [0.05, 0.1) is 11.3 Å². The van der Waals surface area contributed by atoms with Gasteiger partial charge in [0.1, 0.15) is 5.60 Å².